The quantitative estimate of drug-likeness (QED) is 0.810. The Morgan fingerprint density at radius 3 is 2.47 bits per heavy atom. The van der Waals surface area contributed by atoms with Gasteiger partial charge in [0.15, 0.2) is 0 Å². The maximum atomic E-state index is 3.75. The van der Waals surface area contributed by atoms with Gasteiger partial charge in [0.1, 0.15) is 0 Å². The van der Waals surface area contributed by atoms with E-state index in [4.69, 9.17) is 0 Å². The molecule has 0 aromatic rings. The molecule has 2 rings (SSSR count). The van der Waals surface area contributed by atoms with E-state index < -0.39 is 0 Å². The van der Waals surface area contributed by atoms with Gasteiger partial charge in [0.05, 0.1) is 0 Å². The average molecular weight is 238 g/mol. The van der Waals surface area contributed by atoms with Gasteiger partial charge in [0, 0.05) is 18.6 Å². The van der Waals surface area contributed by atoms with Crippen LogP contribution in [0.3, 0.4) is 0 Å². The van der Waals surface area contributed by atoms with Gasteiger partial charge in [-0.1, -0.05) is 13.8 Å². The molecule has 100 valence electrons. The fourth-order valence-corrected chi connectivity index (χ4v) is 3.15. The van der Waals surface area contributed by atoms with Crippen molar-refractivity contribution in [2.24, 2.45) is 5.41 Å². The maximum Gasteiger partial charge on any atom is 0.00790 e. The summed E-state index contributed by atoms with van der Waals surface area (Å²) in [5, 5.41) is 3.75. The highest BCUT2D eigenvalue weighted by atomic mass is 15.1. The van der Waals surface area contributed by atoms with E-state index in [1.54, 1.807) is 0 Å². The average Bonchev–Trinajstić information content (AvgIpc) is 3.09. The smallest absolute Gasteiger partial charge is 0.00790 e. The highest BCUT2D eigenvalue weighted by Gasteiger charge is 2.41. The second-order valence-electron chi connectivity index (χ2n) is 6.38. The number of hydrogen-bond donors (Lipinski definition) is 1. The summed E-state index contributed by atoms with van der Waals surface area (Å²) in [4.78, 5) is 2.75. The molecule has 2 atom stereocenters. The van der Waals surface area contributed by atoms with Crippen LogP contribution in [0.5, 0.6) is 0 Å². The molecule has 1 aliphatic carbocycles. The number of hydrogen-bond acceptors (Lipinski definition) is 2. The second kappa shape index (κ2) is 5.71. The van der Waals surface area contributed by atoms with Gasteiger partial charge in [-0.25, -0.2) is 0 Å². The van der Waals surface area contributed by atoms with Crippen molar-refractivity contribution in [2.75, 3.05) is 19.6 Å². The van der Waals surface area contributed by atoms with E-state index in [1.807, 2.05) is 0 Å². The SMILES string of the molecule is CCC1CCN(CC2(CC)CC2)CCC(C)N1. The van der Waals surface area contributed by atoms with Crippen molar-refractivity contribution in [1.82, 2.24) is 10.2 Å². The van der Waals surface area contributed by atoms with Crippen LogP contribution >= 0.6 is 0 Å². The van der Waals surface area contributed by atoms with E-state index in [0.29, 0.717) is 6.04 Å². The van der Waals surface area contributed by atoms with Crippen molar-refractivity contribution in [3.05, 3.63) is 0 Å². The second-order valence-corrected chi connectivity index (χ2v) is 6.38. The van der Waals surface area contributed by atoms with Crippen LogP contribution in [0.25, 0.3) is 0 Å². The van der Waals surface area contributed by atoms with Crippen molar-refractivity contribution in [3.63, 3.8) is 0 Å². The minimum absolute atomic E-state index is 0.694. The molecule has 0 amide bonds. The Bertz CT molecular complexity index is 235. The van der Waals surface area contributed by atoms with Crippen LogP contribution in [0.1, 0.15) is 59.3 Å². The van der Waals surface area contributed by atoms with E-state index in [2.05, 4.69) is 31.0 Å². The molecule has 2 heteroatoms. The van der Waals surface area contributed by atoms with E-state index in [-0.39, 0.29) is 0 Å². The summed E-state index contributed by atoms with van der Waals surface area (Å²) in [6.45, 7) is 11.0. The third-order valence-electron chi connectivity index (χ3n) is 4.95. The lowest BCUT2D eigenvalue weighted by Gasteiger charge is -2.33. The highest BCUT2D eigenvalue weighted by Crippen LogP contribution is 2.49. The minimum atomic E-state index is 0.694. The monoisotopic (exact) mass is 238 g/mol. The Kier molecular flexibility index (Phi) is 4.48. The van der Waals surface area contributed by atoms with Crippen LogP contribution in [0, 0.1) is 5.41 Å². The topological polar surface area (TPSA) is 15.3 Å². The number of nitrogens with one attached hydrogen (secondary N) is 1. The molecule has 0 aromatic carbocycles. The van der Waals surface area contributed by atoms with Crippen LogP contribution in [0.15, 0.2) is 0 Å². The molecule has 0 bridgehead atoms. The van der Waals surface area contributed by atoms with Crippen LogP contribution in [-0.2, 0) is 0 Å². The molecule has 2 unspecified atom stereocenters. The Balaban J connectivity index is 1.85. The lowest BCUT2D eigenvalue weighted by molar-refractivity contribution is 0.176. The first kappa shape index (κ1) is 13.4. The fraction of sp³-hybridized carbons (Fsp3) is 1.00. The van der Waals surface area contributed by atoms with Gasteiger partial charge in [0.2, 0.25) is 0 Å². The molecule has 1 saturated carbocycles. The molecule has 1 N–H and O–H groups in total. The molecular formula is C15H30N2. The van der Waals surface area contributed by atoms with Gasteiger partial charge in [-0.2, -0.15) is 0 Å². The summed E-state index contributed by atoms with van der Waals surface area (Å²) in [5.74, 6) is 0. The summed E-state index contributed by atoms with van der Waals surface area (Å²) in [7, 11) is 0. The molecule has 0 aromatic heterocycles. The first-order valence-electron chi connectivity index (χ1n) is 7.66. The first-order valence-corrected chi connectivity index (χ1v) is 7.66. The standard InChI is InChI=1S/C15H30N2/c1-4-14-7-11-17(10-6-13(3)16-14)12-15(5-2)8-9-15/h13-14,16H,4-12H2,1-3H3. The Hall–Kier alpha value is -0.0800. The van der Waals surface area contributed by atoms with Gasteiger partial charge in [-0.05, 0) is 64.0 Å². The minimum Gasteiger partial charge on any atom is -0.311 e. The first-order chi connectivity index (χ1) is 8.17. The lowest BCUT2D eigenvalue weighted by atomic mass is 10.0. The van der Waals surface area contributed by atoms with Crippen LogP contribution in [-0.4, -0.2) is 36.6 Å². The number of rotatable bonds is 4. The van der Waals surface area contributed by atoms with Gasteiger partial charge in [-0.3, -0.25) is 0 Å². The van der Waals surface area contributed by atoms with E-state index in [1.165, 1.54) is 58.2 Å². The molecule has 0 radical (unpaired) electrons. The molecule has 1 saturated heterocycles. The predicted octanol–water partition coefficient (Wildman–Crippen LogP) is 3.03. The molecule has 17 heavy (non-hydrogen) atoms. The zero-order chi connectivity index (χ0) is 12.3. The Morgan fingerprint density at radius 2 is 1.88 bits per heavy atom. The third-order valence-corrected chi connectivity index (χ3v) is 4.95. The predicted molar refractivity (Wildman–Crippen MR) is 74.3 cm³/mol. The van der Waals surface area contributed by atoms with E-state index in [9.17, 15) is 0 Å². The van der Waals surface area contributed by atoms with Crippen molar-refractivity contribution in [2.45, 2.75) is 71.4 Å². The van der Waals surface area contributed by atoms with Gasteiger partial charge < -0.3 is 10.2 Å². The van der Waals surface area contributed by atoms with Crippen LogP contribution < -0.4 is 5.32 Å². The fourth-order valence-electron chi connectivity index (χ4n) is 3.15. The molecule has 1 aliphatic heterocycles. The molecule has 2 fully saturated rings. The summed E-state index contributed by atoms with van der Waals surface area (Å²) >= 11 is 0. The zero-order valence-electron chi connectivity index (χ0n) is 12.0. The summed E-state index contributed by atoms with van der Waals surface area (Å²) in [6.07, 6.45) is 8.26. The Morgan fingerprint density at radius 1 is 1.18 bits per heavy atom. The van der Waals surface area contributed by atoms with Crippen molar-refractivity contribution < 1.29 is 0 Å². The molecule has 2 aliphatic rings. The lowest BCUT2D eigenvalue weighted by Crippen LogP contribution is -2.45. The van der Waals surface area contributed by atoms with Crippen molar-refractivity contribution >= 4 is 0 Å². The maximum absolute atomic E-state index is 3.75. The molecule has 0 spiro atoms. The third kappa shape index (κ3) is 3.69. The van der Waals surface area contributed by atoms with E-state index >= 15 is 0 Å². The number of nitrogens with zero attached hydrogens (tertiary/aromatic N) is 1. The summed E-state index contributed by atoms with van der Waals surface area (Å²) in [6, 6.07) is 1.43. The van der Waals surface area contributed by atoms with Gasteiger partial charge in [-0.15, -0.1) is 0 Å². The van der Waals surface area contributed by atoms with Crippen LogP contribution in [0.4, 0.5) is 0 Å². The molecule has 1 heterocycles. The van der Waals surface area contributed by atoms with E-state index in [0.717, 1.165) is 11.5 Å². The Labute approximate surface area is 107 Å². The van der Waals surface area contributed by atoms with Crippen LogP contribution in [0.2, 0.25) is 0 Å². The highest BCUT2D eigenvalue weighted by molar-refractivity contribution is 4.94. The van der Waals surface area contributed by atoms with Gasteiger partial charge >= 0.3 is 0 Å². The molecule has 2 nitrogen and oxygen atoms in total. The van der Waals surface area contributed by atoms with Crippen molar-refractivity contribution in [3.8, 4) is 0 Å². The normalized spacial score (nSPS) is 34.1. The zero-order valence-corrected chi connectivity index (χ0v) is 12.0. The summed E-state index contributed by atoms with van der Waals surface area (Å²) < 4.78 is 0. The molecular weight excluding hydrogens is 208 g/mol. The van der Waals surface area contributed by atoms with Gasteiger partial charge in [0.25, 0.3) is 0 Å². The van der Waals surface area contributed by atoms with Crippen molar-refractivity contribution in [1.29, 1.82) is 0 Å². The summed E-state index contributed by atoms with van der Waals surface area (Å²) in [5.41, 5.74) is 0.720. The largest absolute Gasteiger partial charge is 0.311 e.